The Morgan fingerprint density at radius 1 is 1.40 bits per heavy atom. The van der Waals surface area contributed by atoms with Gasteiger partial charge in [-0.2, -0.15) is 0 Å². The number of methoxy groups -OCH3 is 1. The van der Waals surface area contributed by atoms with Gasteiger partial charge in [0.15, 0.2) is 11.6 Å². The van der Waals surface area contributed by atoms with Crippen molar-refractivity contribution in [2.24, 2.45) is 5.41 Å². The Labute approximate surface area is 116 Å². The molecule has 0 amide bonds. The van der Waals surface area contributed by atoms with Gasteiger partial charge in [0.1, 0.15) is 5.69 Å². The third-order valence-corrected chi connectivity index (χ3v) is 4.40. The van der Waals surface area contributed by atoms with Crippen molar-refractivity contribution in [3.63, 3.8) is 0 Å². The van der Waals surface area contributed by atoms with Crippen LogP contribution in [0.15, 0.2) is 12.1 Å². The molecule has 0 bridgehead atoms. The molecule has 1 aromatic rings. The molecule has 1 heterocycles. The summed E-state index contributed by atoms with van der Waals surface area (Å²) in [5.41, 5.74) is 0.633. The van der Waals surface area contributed by atoms with Crippen molar-refractivity contribution in [2.75, 3.05) is 25.1 Å². The number of nitrogens with zero attached hydrogens (tertiary/aromatic N) is 2. The van der Waals surface area contributed by atoms with Crippen LogP contribution in [0.4, 0.5) is 15.8 Å². The highest BCUT2D eigenvalue weighted by Gasteiger charge is 2.46. The summed E-state index contributed by atoms with van der Waals surface area (Å²) in [5.74, 6) is -0.637. The van der Waals surface area contributed by atoms with E-state index in [4.69, 9.17) is 4.74 Å². The second-order valence-corrected chi connectivity index (χ2v) is 5.76. The van der Waals surface area contributed by atoms with Crippen LogP contribution in [0.2, 0.25) is 0 Å². The number of halogens is 1. The normalized spacial score (nSPS) is 20.0. The lowest BCUT2D eigenvalue weighted by atomic mass is 9.94. The van der Waals surface area contributed by atoms with Crippen LogP contribution < -0.4 is 9.64 Å². The fourth-order valence-electron chi connectivity index (χ4n) is 3.09. The van der Waals surface area contributed by atoms with Gasteiger partial charge in [-0.1, -0.05) is 0 Å². The number of nitro groups is 1. The van der Waals surface area contributed by atoms with Gasteiger partial charge in [-0.25, -0.2) is 4.39 Å². The van der Waals surface area contributed by atoms with Crippen molar-refractivity contribution in [1.29, 1.82) is 0 Å². The number of benzene rings is 1. The molecular formula is C14H17FN2O3. The van der Waals surface area contributed by atoms with Crippen LogP contribution in [0, 0.1) is 21.3 Å². The van der Waals surface area contributed by atoms with E-state index in [1.165, 1.54) is 32.4 Å². The Bertz CT molecular complexity index is 558. The first-order valence-corrected chi connectivity index (χ1v) is 6.82. The second-order valence-electron chi connectivity index (χ2n) is 5.76. The van der Waals surface area contributed by atoms with Crippen LogP contribution in [0.3, 0.4) is 0 Å². The van der Waals surface area contributed by atoms with Crippen LogP contribution in [0.25, 0.3) is 0 Å². The molecule has 108 valence electrons. The number of ether oxygens (including phenoxy) is 1. The second kappa shape index (κ2) is 4.61. The molecule has 0 radical (unpaired) electrons. The number of nitro benzene ring substituents is 1. The Morgan fingerprint density at radius 3 is 2.75 bits per heavy atom. The monoisotopic (exact) mass is 280 g/mol. The first-order valence-electron chi connectivity index (χ1n) is 6.82. The van der Waals surface area contributed by atoms with Crippen LogP contribution in [0.1, 0.15) is 25.7 Å². The predicted molar refractivity (Wildman–Crippen MR) is 72.7 cm³/mol. The molecule has 3 rings (SSSR count). The van der Waals surface area contributed by atoms with E-state index in [0.29, 0.717) is 11.1 Å². The molecule has 2 aliphatic rings. The summed E-state index contributed by atoms with van der Waals surface area (Å²) < 4.78 is 18.6. The summed E-state index contributed by atoms with van der Waals surface area (Å²) in [6.07, 6.45) is 4.59. The molecule has 6 heteroatoms. The molecule has 0 aromatic heterocycles. The Hall–Kier alpha value is -1.85. The molecule has 1 aliphatic carbocycles. The summed E-state index contributed by atoms with van der Waals surface area (Å²) in [4.78, 5) is 12.7. The quantitative estimate of drug-likeness (QED) is 0.630. The maximum absolute atomic E-state index is 13.7. The Kier molecular flexibility index (Phi) is 3.03. The van der Waals surface area contributed by atoms with Crippen LogP contribution >= 0.6 is 0 Å². The fraction of sp³-hybridized carbons (Fsp3) is 0.571. The number of hydrogen-bond donors (Lipinski definition) is 0. The van der Waals surface area contributed by atoms with Gasteiger partial charge in [0.2, 0.25) is 0 Å². The number of anilines is 1. The first kappa shape index (κ1) is 13.1. The van der Waals surface area contributed by atoms with E-state index in [2.05, 4.69) is 0 Å². The molecule has 1 aliphatic heterocycles. The number of hydrogen-bond acceptors (Lipinski definition) is 4. The van der Waals surface area contributed by atoms with Crippen molar-refractivity contribution >= 4 is 11.4 Å². The van der Waals surface area contributed by atoms with Crippen LogP contribution in [-0.2, 0) is 0 Å². The van der Waals surface area contributed by atoms with Crippen LogP contribution in [0.5, 0.6) is 5.75 Å². The van der Waals surface area contributed by atoms with E-state index in [9.17, 15) is 14.5 Å². The van der Waals surface area contributed by atoms with Crippen LogP contribution in [-0.4, -0.2) is 25.1 Å². The average molecular weight is 280 g/mol. The summed E-state index contributed by atoms with van der Waals surface area (Å²) >= 11 is 0. The number of piperidine rings is 1. The highest BCUT2D eigenvalue weighted by atomic mass is 19.1. The van der Waals surface area contributed by atoms with Crippen molar-refractivity contribution in [3.8, 4) is 5.75 Å². The SMILES string of the molecule is COc1cc(N2CCCC3(CC3)C2)c([N+](=O)[O-])cc1F. The summed E-state index contributed by atoms with van der Waals surface area (Å²) in [6.45, 7) is 1.60. The molecule has 1 aromatic carbocycles. The van der Waals surface area contributed by atoms with Gasteiger partial charge >= 0.3 is 0 Å². The van der Waals surface area contributed by atoms with Gasteiger partial charge in [-0.05, 0) is 31.1 Å². The largest absolute Gasteiger partial charge is 0.494 e. The lowest BCUT2D eigenvalue weighted by molar-refractivity contribution is -0.384. The lowest BCUT2D eigenvalue weighted by Crippen LogP contribution is -2.36. The Morgan fingerprint density at radius 2 is 2.15 bits per heavy atom. The van der Waals surface area contributed by atoms with Gasteiger partial charge in [0, 0.05) is 19.2 Å². The Balaban J connectivity index is 1.99. The highest BCUT2D eigenvalue weighted by molar-refractivity contribution is 5.66. The molecule has 0 atom stereocenters. The van der Waals surface area contributed by atoms with E-state index in [-0.39, 0.29) is 11.4 Å². The van der Waals surface area contributed by atoms with Gasteiger partial charge in [-0.3, -0.25) is 10.1 Å². The molecular weight excluding hydrogens is 263 g/mol. The first-order chi connectivity index (χ1) is 9.54. The summed E-state index contributed by atoms with van der Waals surface area (Å²) in [6, 6.07) is 2.41. The number of rotatable bonds is 3. The smallest absolute Gasteiger partial charge is 0.295 e. The molecule has 2 fully saturated rings. The minimum atomic E-state index is -0.693. The lowest BCUT2D eigenvalue weighted by Gasteiger charge is -2.34. The van der Waals surface area contributed by atoms with E-state index in [1.807, 2.05) is 4.90 Å². The van der Waals surface area contributed by atoms with Gasteiger partial charge in [0.05, 0.1) is 18.1 Å². The standard InChI is InChI=1S/C14H17FN2O3/c1-20-13-8-11(12(17(18)19)7-10(13)15)16-6-2-3-14(9-16)4-5-14/h7-8H,2-6,9H2,1H3. The third-order valence-electron chi connectivity index (χ3n) is 4.40. The van der Waals surface area contributed by atoms with Crippen molar-refractivity contribution < 1.29 is 14.1 Å². The van der Waals surface area contributed by atoms with E-state index in [0.717, 1.165) is 25.6 Å². The zero-order valence-electron chi connectivity index (χ0n) is 11.4. The van der Waals surface area contributed by atoms with E-state index < -0.39 is 10.7 Å². The topological polar surface area (TPSA) is 55.6 Å². The molecule has 1 saturated heterocycles. The molecule has 5 nitrogen and oxygen atoms in total. The summed E-state index contributed by atoms with van der Waals surface area (Å²) in [7, 11) is 1.37. The van der Waals surface area contributed by atoms with Crippen molar-refractivity contribution in [2.45, 2.75) is 25.7 Å². The highest BCUT2D eigenvalue weighted by Crippen LogP contribution is 2.53. The predicted octanol–water partition coefficient (Wildman–Crippen LogP) is 3.12. The maximum Gasteiger partial charge on any atom is 0.295 e. The van der Waals surface area contributed by atoms with E-state index in [1.54, 1.807) is 0 Å². The molecule has 1 saturated carbocycles. The van der Waals surface area contributed by atoms with Crippen molar-refractivity contribution in [3.05, 3.63) is 28.1 Å². The average Bonchev–Trinajstić information content (AvgIpc) is 3.17. The zero-order chi connectivity index (χ0) is 14.3. The molecule has 1 spiro atoms. The van der Waals surface area contributed by atoms with Gasteiger partial charge < -0.3 is 9.64 Å². The molecule has 0 N–H and O–H groups in total. The third kappa shape index (κ3) is 2.19. The zero-order valence-corrected chi connectivity index (χ0v) is 11.4. The molecule has 0 unspecified atom stereocenters. The minimum absolute atomic E-state index is 0.0565. The molecule has 20 heavy (non-hydrogen) atoms. The van der Waals surface area contributed by atoms with Crippen molar-refractivity contribution in [1.82, 2.24) is 0 Å². The summed E-state index contributed by atoms with van der Waals surface area (Å²) in [5, 5.41) is 11.2. The fourth-order valence-corrected chi connectivity index (χ4v) is 3.09. The van der Waals surface area contributed by atoms with Gasteiger partial charge in [-0.15, -0.1) is 0 Å². The maximum atomic E-state index is 13.7. The van der Waals surface area contributed by atoms with Gasteiger partial charge in [0.25, 0.3) is 5.69 Å². The minimum Gasteiger partial charge on any atom is -0.494 e. The van der Waals surface area contributed by atoms with E-state index >= 15 is 0 Å².